The number of carbonyl (C=O) groups excluding carboxylic acids is 1. The van der Waals surface area contributed by atoms with Crippen LogP contribution in [0.5, 0.6) is 17.4 Å². The van der Waals surface area contributed by atoms with E-state index >= 15 is 0 Å². The number of amides is 1. The molecule has 0 saturated heterocycles. The highest BCUT2D eigenvalue weighted by Crippen LogP contribution is 2.38. The Labute approximate surface area is 271 Å². The summed E-state index contributed by atoms with van der Waals surface area (Å²) in [6, 6.07) is 13.7. The Bertz CT molecular complexity index is 1800. The van der Waals surface area contributed by atoms with Gasteiger partial charge >= 0.3 is 6.09 Å². The number of fused-ring (bicyclic) bond motifs is 1. The van der Waals surface area contributed by atoms with Crippen LogP contribution in [0.1, 0.15) is 49.9 Å². The fraction of sp³-hybridized carbons (Fsp3) is 0.333. The lowest BCUT2D eigenvalue weighted by molar-refractivity contribution is 0.0523. The smallest absolute Gasteiger partial charge is 0.407 e. The van der Waals surface area contributed by atoms with Gasteiger partial charge in [-0.1, -0.05) is 18.1 Å². The van der Waals surface area contributed by atoms with Crippen LogP contribution in [-0.2, 0) is 30.9 Å². The zero-order chi connectivity index (χ0) is 32.7. The third kappa shape index (κ3) is 8.42. The molecule has 5 aromatic rings. The maximum Gasteiger partial charge on any atom is 0.407 e. The molecule has 0 radical (unpaired) electrons. The minimum absolute atomic E-state index is 0.304. The first kappa shape index (κ1) is 32.5. The molecule has 0 saturated carbocycles. The van der Waals surface area contributed by atoms with E-state index in [0.29, 0.717) is 42.7 Å². The number of hydrogen-bond donors (Lipinski definition) is 2. The average molecular weight is 647 g/mol. The molecule has 2 N–H and O–H groups in total. The Kier molecular flexibility index (Phi) is 10.2. The van der Waals surface area contributed by atoms with Crippen molar-refractivity contribution in [3.63, 3.8) is 0 Å². The third-order valence-corrected chi connectivity index (χ3v) is 7.60. The van der Waals surface area contributed by atoms with Gasteiger partial charge in [-0.05, 0) is 86.2 Å². The highest BCUT2D eigenvalue weighted by Gasteiger charge is 2.18. The fourth-order valence-corrected chi connectivity index (χ4v) is 5.34. The van der Waals surface area contributed by atoms with E-state index in [1.807, 2.05) is 57.3 Å². The van der Waals surface area contributed by atoms with Crippen LogP contribution in [0.2, 0.25) is 0 Å². The van der Waals surface area contributed by atoms with Gasteiger partial charge in [0.1, 0.15) is 29.1 Å². The van der Waals surface area contributed by atoms with Crippen molar-refractivity contribution in [2.45, 2.75) is 64.3 Å². The van der Waals surface area contributed by atoms with Crippen molar-refractivity contribution >= 4 is 34.8 Å². The van der Waals surface area contributed by atoms with Gasteiger partial charge in [-0.25, -0.2) is 9.78 Å². The predicted molar refractivity (Wildman–Crippen MR) is 175 cm³/mol. The normalized spacial score (nSPS) is 11.3. The van der Waals surface area contributed by atoms with Crippen molar-refractivity contribution in [3.05, 3.63) is 83.3 Å². The van der Waals surface area contributed by atoms with Gasteiger partial charge in [0.05, 0.1) is 31.9 Å². The molecule has 0 aliphatic carbocycles. The second kappa shape index (κ2) is 14.5. The number of aryl methyl sites for hydroxylation is 1. The van der Waals surface area contributed by atoms with Crippen LogP contribution in [0, 0.1) is 0 Å². The Morgan fingerprint density at radius 2 is 1.85 bits per heavy atom. The minimum Gasteiger partial charge on any atom is -0.496 e. The van der Waals surface area contributed by atoms with E-state index in [9.17, 15) is 4.79 Å². The number of hydrogen-bond acceptors (Lipinski definition) is 11. The molecule has 5 rings (SSSR count). The maximum absolute atomic E-state index is 12.0. The molecule has 0 spiro atoms. The molecule has 3 aromatic heterocycles. The van der Waals surface area contributed by atoms with Crippen LogP contribution in [0.15, 0.2) is 70.5 Å². The van der Waals surface area contributed by atoms with Crippen LogP contribution >= 0.6 is 11.9 Å². The van der Waals surface area contributed by atoms with Crippen LogP contribution in [0.4, 0.5) is 10.6 Å². The topological polar surface area (TPSA) is 135 Å². The second-order valence-corrected chi connectivity index (χ2v) is 12.3. The SMILES string of the molecule is CCc1ccc(OCc2ccnc(OC)c2)c(SNc2noc3cc(Cn4cc(CNC(=O)OC(C)(C)C)cn4)cc(OC)c23)c1. The lowest BCUT2D eigenvalue weighted by atomic mass is 10.1. The lowest BCUT2D eigenvalue weighted by Gasteiger charge is -2.19. The monoisotopic (exact) mass is 646 g/mol. The van der Waals surface area contributed by atoms with Gasteiger partial charge in [0, 0.05) is 30.6 Å². The van der Waals surface area contributed by atoms with Gasteiger partial charge in [-0.15, -0.1) is 0 Å². The van der Waals surface area contributed by atoms with E-state index < -0.39 is 11.7 Å². The van der Waals surface area contributed by atoms with Crippen LogP contribution < -0.4 is 24.2 Å². The van der Waals surface area contributed by atoms with Gasteiger partial charge in [0.2, 0.25) is 5.88 Å². The molecular formula is C33H38N6O6S. The fourth-order valence-electron chi connectivity index (χ4n) is 4.56. The number of nitrogens with one attached hydrogen (secondary N) is 2. The summed E-state index contributed by atoms with van der Waals surface area (Å²) in [4.78, 5) is 17.1. The van der Waals surface area contributed by atoms with Crippen LogP contribution in [0.25, 0.3) is 11.0 Å². The number of benzene rings is 2. The minimum atomic E-state index is -0.561. The highest BCUT2D eigenvalue weighted by molar-refractivity contribution is 8.00. The van der Waals surface area contributed by atoms with Gasteiger partial charge in [0.15, 0.2) is 11.4 Å². The summed E-state index contributed by atoms with van der Waals surface area (Å²) in [7, 11) is 3.20. The summed E-state index contributed by atoms with van der Waals surface area (Å²) in [6.07, 6.45) is 5.68. The molecule has 0 aliphatic heterocycles. The van der Waals surface area contributed by atoms with Crippen molar-refractivity contribution in [3.8, 4) is 17.4 Å². The summed E-state index contributed by atoms with van der Waals surface area (Å²) in [5.74, 6) is 2.41. The first-order valence-electron chi connectivity index (χ1n) is 14.8. The van der Waals surface area contributed by atoms with E-state index in [1.165, 1.54) is 17.5 Å². The largest absolute Gasteiger partial charge is 0.496 e. The number of anilines is 1. The van der Waals surface area contributed by atoms with Gasteiger partial charge < -0.3 is 33.5 Å². The molecule has 0 aliphatic rings. The summed E-state index contributed by atoms with van der Waals surface area (Å²) in [5.41, 5.74) is 3.89. The average Bonchev–Trinajstić information content (AvgIpc) is 3.67. The van der Waals surface area contributed by atoms with Crippen LogP contribution in [-0.4, -0.2) is 45.8 Å². The molecule has 242 valence electrons. The Morgan fingerprint density at radius 1 is 1.00 bits per heavy atom. The number of pyridine rings is 1. The lowest BCUT2D eigenvalue weighted by Crippen LogP contribution is -2.32. The maximum atomic E-state index is 12.0. The van der Waals surface area contributed by atoms with Crippen molar-refractivity contribution in [1.82, 2.24) is 25.2 Å². The van der Waals surface area contributed by atoms with Crippen molar-refractivity contribution < 1.29 is 28.3 Å². The number of ether oxygens (including phenoxy) is 4. The van der Waals surface area contributed by atoms with Crippen molar-refractivity contribution in [1.29, 1.82) is 0 Å². The molecule has 12 nitrogen and oxygen atoms in total. The molecule has 0 fully saturated rings. The second-order valence-electron chi connectivity index (χ2n) is 11.4. The molecule has 0 bridgehead atoms. The number of methoxy groups -OCH3 is 2. The van der Waals surface area contributed by atoms with E-state index in [2.05, 4.69) is 44.3 Å². The summed E-state index contributed by atoms with van der Waals surface area (Å²) < 4.78 is 33.3. The Morgan fingerprint density at radius 3 is 2.61 bits per heavy atom. The van der Waals surface area contributed by atoms with Crippen molar-refractivity contribution in [2.24, 2.45) is 0 Å². The Hall–Kier alpha value is -4.91. The molecular weight excluding hydrogens is 608 g/mol. The zero-order valence-electron chi connectivity index (χ0n) is 26.7. The standard InChI is InChI=1S/C33H38N6O6S/c1-7-21-8-9-25(43-20-22-10-11-34-29(15-22)42-6)28(14-21)46-38-31-30-26(41-5)12-23(13-27(30)45-37-31)18-39-19-24(17-36-39)16-35-32(40)44-33(2,3)4/h8-15,17,19H,7,16,18,20H2,1-6H3,(H,35,40)(H,37,38). The first-order valence-corrected chi connectivity index (χ1v) is 15.6. The predicted octanol–water partition coefficient (Wildman–Crippen LogP) is 6.77. The van der Waals surface area contributed by atoms with E-state index in [-0.39, 0.29) is 0 Å². The summed E-state index contributed by atoms with van der Waals surface area (Å²) in [6.45, 7) is 8.71. The third-order valence-electron chi connectivity index (χ3n) is 6.76. The number of alkyl carbamates (subject to hydrolysis) is 1. The number of nitrogens with zero attached hydrogens (tertiary/aromatic N) is 4. The summed E-state index contributed by atoms with van der Waals surface area (Å²) in [5, 5.41) is 12.2. The number of carbonyl (C=O) groups is 1. The van der Waals surface area contributed by atoms with Crippen molar-refractivity contribution in [2.75, 3.05) is 18.9 Å². The summed E-state index contributed by atoms with van der Waals surface area (Å²) >= 11 is 1.39. The molecule has 3 heterocycles. The molecule has 46 heavy (non-hydrogen) atoms. The zero-order valence-corrected chi connectivity index (χ0v) is 27.6. The van der Waals surface area contributed by atoms with E-state index in [1.54, 1.807) is 31.3 Å². The Balaban J connectivity index is 1.27. The van der Waals surface area contributed by atoms with E-state index in [4.69, 9.17) is 23.5 Å². The van der Waals surface area contributed by atoms with Crippen LogP contribution in [0.3, 0.4) is 0 Å². The molecule has 13 heteroatoms. The number of aromatic nitrogens is 4. The molecule has 0 atom stereocenters. The van der Waals surface area contributed by atoms with Gasteiger partial charge in [0.25, 0.3) is 0 Å². The highest BCUT2D eigenvalue weighted by atomic mass is 32.2. The molecule has 0 unspecified atom stereocenters. The first-order chi connectivity index (χ1) is 22.1. The number of rotatable bonds is 13. The van der Waals surface area contributed by atoms with Gasteiger partial charge in [-0.3, -0.25) is 4.68 Å². The molecule has 1 amide bonds. The van der Waals surface area contributed by atoms with E-state index in [0.717, 1.165) is 39.1 Å². The van der Waals surface area contributed by atoms with Gasteiger partial charge in [-0.2, -0.15) is 5.10 Å². The molecule has 2 aromatic carbocycles. The quantitative estimate of drug-likeness (QED) is 0.131.